The monoisotopic (exact) mass is 120 g/mol. The van der Waals surface area contributed by atoms with Crippen LogP contribution in [-0.4, -0.2) is 24.2 Å². The fourth-order valence-corrected chi connectivity index (χ4v) is 0.729. The lowest BCUT2D eigenvalue weighted by Gasteiger charge is -2.20. The van der Waals surface area contributed by atoms with Crippen molar-refractivity contribution in [1.82, 2.24) is 0 Å². The van der Waals surface area contributed by atoms with Gasteiger partial charge in [-0.3, -0.25) is 0 Å². The first-order valence-electron chi connectivity index (χ1n) is 2.74. The van der Waals surface area contributed by atoms with Crippen molar-refractivity contribution in [2.75, 3.05) is 6.61 Å². The zero-order chi connectivity index (χ0) is 5.98. The van der Waals surface area contributed by atoms with Crippen LogP contribution in [0.2, 0.25) is 0 Å². The highest BCUT2D eigenvalue weighted by Gasteiger charge is 2.22. The Morgan fingerprint density at radius 2 is 2.38 bits per heavy atom. The van der Waals surface area contributed by atoms with E-state index in [0.717, 1.165) is 6.42 Å². The summed E-state index contributed by atoms with van der Waals surface area (Å²) in [5, 5.41) is 8.58. The molecule has 2 nitrogen and oxygen atoms in total. The Balaban J connectivity index is 2.28. The molecule has 0 aromatic rings. The minimum atomic E-state index is -1.16. The van der Waals surface area contributed by atoms with Crippen LogP contribution in [0.25, 0.3) is 0 Å². The highest BCUT2D eigenvalue weighted by atomic mass is 19.1. The van der Waals surface area contributed by atoms with Crippen LogP contribution in [0.4, 0.5) is 4.39 Å². The van der Waals surface area contributed by atoms with Gasteiger partial charge in [0, 0.05) is 6.61 Å². The van der Waals surface area contributed by atoms with Gasteiger partial charge in [-0.25, -0.2) is 4.39 Å². The maximum atomic E-state index is 12.2. The number of aliphatic hydroxyl groups is 1. The number of halogens is 1. The molecule has 0 aromatic carbocycles. The zero-order valence-corrected chi connectivity index (χ0v) is 4.51. The van der Waals surface area contributed by atoms with E-state index >= 15 is 0 Å². The molecule has 0 aliphatic carbocycles. The largest absolute Gasteiger partial charge is 0.366 e. The normalized spacial score (nSPS) is 39.8. The van der Waals surface area contributed by atoms with E-state index in [4.69, 9.17) is 5.11 Å². The average molecular weight is 120 g/mol. The Labute approximate surface area is 47.3 Å². The summed E-state index contributed by atoms with van der Waals surface area (Å²) in [7, 11) is 0. The van der Waals surface area contributed by atoms with E-state index < -0.39 is 12.5 Å². The van der Waals surface area contributed by atoms with Crippen LogP contribution < -0.4 is 0 Å². The summed E-state index contributed by atoms with van der Waals surface area (Å²) < 4.78 is 16.8. The molecule has 1 fully saturated rings. The number of aliphatic hydroxyl groups excluding tert-OH is 1. The Kier molecular flexibility index (Phi) is 1.81. The lowest BCUT2D eigenvalue weighted by molar-refractivity contribution is -0.163. The molecular weight excluding hydrogens is 111 g/mol. The van der Waals surface area contributed by atoms with Crippen LogP contribution >= 0.6 is 0 Å². The van der Waals surface area contributed by atoms with Crippen molar-refractivity contribution in [1.29, 1.82) is 0 Å². The van der Waals surface area contributed by atoms with Gasteiger partial charge in [0.2, 0.25) is 0 Å². The number of rotatable bonds is 0. The van der Waals surface area contributed by atoms with Gasteiger partial charge in [0.05, 0.1) is 0 Å². The summed E-state index contributed by atoms with van der Waals surface area (Å²) in [6.07, 6.45) is -1.17. The molecule has 1 rings (SSSR count). The molecule has 0 aromatic heterocycles. The predicted octanol–water partition coefficient (Wildman–Crippen LogP) is 0.453. The maximum absolute atomic E-state index is 12.2. The van der Waals surface area contributed by atoms with Crippen molar-refractivity contribution < 1.29 is 14.2 Å². The molecule has 8 heavy (non-hydrogen) atoms. The Morgan fingerprint density at radius 1 is 1.62 bits per heavy atom. The van der Waals surface area contributed by atoms with Crippen molar-refractivity contribution in [3.8, 4) is 0 Å². The highest BCUT2D eigenvalue weighted by Crippen LogP contribution is 2.14. The molecule has 3 heteroatoms. The second kappa shape index (κ2) is 2.42. The number of ether oxygens (including phenoxy) is 1. The minimum absolute atomic E-state index is 0.432. The summed E-state index contributed by atoms with van der Waals surface area (Å²) >= 11 is 0. The molecule has 0 amide bonds. The third-order valence-electron chi connectivity index (χ3n) is 1.22. The van der Waals surface area contributed by atoms with Gasteiger partial charge < -0.3 is 9.84 Å². The van der Waals surface area contributed by atoms with Gasteiger partial charge in [0.1, 0.15) is 0 Å². The fraction of sp³-hybridized carbons (Fsp3) is 1.00. The van der Waals surface area contributed by atoms with E-state index in [9.17, 15) is 4.39 Å². The number of alkyl halides is 1. The third-order valence-corrected chi connectivity index (χ3v) is 1.22. The van der Waals surface area contributed by atoms with Crippen molar-refractivity contribution in [2.45, 2.75) is 25.3 Å². The van der Waals surface area contributed by atoms with Crippen LogP contribution in [0.1, 0.15) is 12.8 Å². The molecule has 1 N–H and O–H groups in total. The fourth-order valence-electron chi connectivity index (χ4n) is 0.729. The predicted molar refractivity (Wildman–Crippen MR) is 26.1 cm³/mol. The number of hydrogen-bond acceptors (Lipinski definition) is 2. The molecule has 2 atom stereocenters. The average Bonchev–Trinajstić information content (AvgIpc) is 1.77. The lowest BCUT2D eigenvalue weighted by atomic mass is 10.2. The van der Waals surface area contributed by atoms with E-state index in [0.29, 0.717) is 13.0 Å². The van der Waals surface area contributed by atoms with Gasteiger partial charge >= 0.3 is 0 Å². The molecule has 0 bridgehead atoms. The van der Waals surface area contributed by atoms with E-state index in [1.807, 2.05) is 0 Å². The molecule has 2 unspecified atom stereocenters. The van der Waals surface area contributed by atoms with Crippen molar-refractivity contribution in [2.24, 2.45) is 0 Å². The van der Waals surface area contributed by atoms with Gasteiger partial charge in [0.25, 0.3) is 0 Å². The maximum Gasteiger partial charge on any atom is 0.186 e. The summed E-state index contributed by atoms with van der Waals surface area (Å²) in [5.41, 5.74) is 0. The SMILES string of the molecule is OC1OCCCC1F. The molecule has 0 radical (unpaired) electrons. The molecule has 1 aliphatic heterocycles. The molecule has 1 saturated heterocycles. The van der Waals surface area contributed by atoms with Crippen LogP contribution in [-0.2, 0) is 4.74 Å². The quantitative estimate of drug-likeness (QED) is 0.503. The van der Waals surface area contributed by atoms with Gasteiger partial charge in [0.15, 0.2) is 12.5 Å². The first kappa shape index (κ1) is 5.98. The molecule has 0 saturated carbocycles. The minimum Gasteiger partial charge on any atom is -0.366 e. The first-order chi connectivity index (χ1) is 3.80. The molecule has 0 spiro atoms. The zero-order valence-electron chi connectivity index (χ0n) is 4.51. The second-order valence-corrected chi connectivity index (χ2v) is 1.92. The van der Waals surface area contributed by atoms with E-state index in [-0.39, 0.29) is 0 Å². The summed E-state index contributed by atoms with van der Waals surface area (Å²) in [6.45, 7) is 0.488. The van der Waals surface area contributed by atoms with Crippen molar-refractivity contribution in [3.05, 3.63) is 0 Å². The van der Waals surface area contributed by atoms with E-state index in [1.54, 1.807) is 0 Å². The van der Waals surface area contributed by atoms with E-state index in [1.165, 1.54) is 0 Å². The first-order valence-corrected chi connectivity index (χ1v) is 2.74. The van der Waals surface area contributed by atoms with Crippen molar-refractivity contribution in [3.63, 3.8) is 0 Å². The Hall–Kier alpha value is -0.150. The van der Waals surface area contributed by atoms with Crippen molar-refractivity contribution >= 4 is 0 Å². The van der Waals surface area contributed by atoms with Crippen LogP contribution in [0.15, 0.2) is 0 Å². The number of hydrogen-bond donors (Lipinski definition) is 1. The third kappa shape index (κ3) is 1.17. The van der Waals surface area contributed by atoms with Gasteiger partial charge in [-0.15, -0.1) is 0 Å². The van der Waals surface area contributed by atoms with Gasteiger partial charge in [-0.1, -0.05) is 0 Å². The standard InChI is InChI=1S/C5H9FO2/c6-4-2-1-3-8-5(4)7/h4-5,7H,1-3H2. The van der Waals surface area contributed by atoms with Gasteiger partial charge in [-0.2, -0.15) is 0 Å². The summed E-state index contributed by atoms with van der Waals surface area (Å²) in [4.78, 5) is 0. The Morgan fingerprint density at radius 3 is 2.75 bits per heavy atom. The van der Waals surface area contributed by atoms with Crippen LogP contribution in [0.5, 0.6) is 0 Å². The molecular formula is C5H9FO2. The smallest absolute Gasteiger partial charge is 0.186 e. The molecule has 48 valence electrons. The molecule has 1 aliphatic rings. The van der Waals surface area contributed by atoms with Crippen LogP contribution in [0, 0.1) is 0 Å². The molecule has 1 heterocycles. The Bertz CT molecular complexity index is 66.8. The highest BCUT2D eigenvalue weighted by molar-refractivity contribution is 4.63. The lowest BCUT2D eigenvalue weighted by Crippen LogP contribution is -2.30. The van der Waals surface area contributed by atoms with Crippen LogP contribution in [0.3, 0.4) is 0 Å². The summed E-state index contributed by atoms with van der Waals surface area (Å²) in [5.74, 6) is 0. The topological polar surface area (TPSA) is 29.5 Å². The van der Waals surface area contributed by atoms with E-state index in [2.05, 4.69) is 4.74 Å². The van der Waals surface area contributed by atoms with Gasteiger partial charge in [-0.05, 0) is 12.8 Å². The second-order valence-electron chi connectivity index (χ2n) is 1.92. The summed E-state index contributed by atoms with van der Waals surface area (Å²) in [6, 6.07) is 0.